The van der Waals surface area contributed by atoms with Crippen LogP contribution in [-0.4, -0.2) is 41.9 Å². The van der Waals surface area contributed by atoms with Gasteiger partial charge < -0.3 is 9.84 Å². The van der Waals surface area contributed by atoms with Gasteiger partial charge in [0.15, 0.2) is 0 Å². The van der Waals surface area contributed by atoms with Gasteiger partial charge in [-0.15, -0.1) is 0 Å². The summed E-state index contributed by atoms with van der Waals surface area (Å²) in [5, 5.41) is 9.28. The minimum atomic E-state index is -0.396. The Bertz CT molecular complexity index is 328. The predicted molar refractivity (Wildman–Crippen MR) is 63.2 cm³/mol. The molecule has 3 nitrogen and oxygen atoms in total. The van der Waals surface area contributed by atoms with Gasteiger partial charge in [0.05, 0.1) is 13.2 Å². The van der Waals surface area contributed by atoms with E-state index in [1.807, 2.05) is 13.0 Å². The van der Waals surface area contributed by atoms with Crippen molar-refractivity contribution in [3.05, 3.63) is 35.9 Å². The Morgan fingerprint density at radius 3 is 2.81 bits per heavy atom. The van der Waals surface area contributed by atoms with Crippen LogP contribution in [0, 0.1) is 0 Å². The summed E-state index contributed by atoms with van der Waals surface area (Å²) in [6.45, 7) is 5.40. The Morgan fingerprint density at radius 2 is 2.12 bits per heavy atom. The molecular weight excluding hydrogens is 202 g/mol. The topological polar surface area (TPSA) is 32.7 Å². The van der Waals surface area contributed by atoms with E-state index in [0.29, 0.717) is 6.61 Å². The van der Waals surface area contributed by atoms with Crippen LogP contribution < -0.4 is 0 Å². The van der Waals surface area contributed by atoms with Crippen LogP contribution >= 0.6 is 0 Å². The minimum Gasteiger partial charge on any atom is -0.393 e. The smallest absolute Gasteiger partial charge is 0.101 e. The van der Waals surface area contributed by atoms with Crippen molar-refractivity contribution in [2.75, 3.05) is 26.3 Å². The second-order valence-corrected chi connectivity index (χ2v) is 4.65. The zero-order valence-electron chi connectivity index (χ0n) is 9.72. The molecular formula is C13H19NO2. The highest BCUT2D eigenvalue weighted by molar-refractivity contribution is 5.14. The Morgan fingerprint density at radius 1 is 1.38 bits per heavy atom. The molecule has 1 unspecified atom stereocenters. The fourth-order valence-corrected chi connectivity index (χ4v) is 2.09. The van der Waals surface area contributed by atoms with Crippen LogP contribution in [0.2, 0.25) is 0 Å². The van der Waals surface area contributed by atoms with E-state index in [1.165, 1.54) is 5.56 Å². The van der Waals surface area contributed by atoms with Gasteiger partial charge in [0, 0.05) is 19.6 Å². The second-order valence-electron chi connectivity index (χ2n) is 4.65. The lowest BCUT2D eigenvalue weighted by molar-refractivity contribution is -0.123. The van der Waals surface area contributed by atoms with Crippen LogP contribution in [0.5, 0.6) is 0 Å². The van der Waals surface area contributed by atoms with E-state index in [-0.39, 0.29) is 6.61 Å². The summed E-state index contributed by atoms with van der Waals surface area (Å²) in [7, 11) is 0. The third-order valence-electron chi connectivity index (χ3n) is 3.00. The summed E-state index contributed by atoms with van der Waals surface area (Å²) in [6, 6.07) is 10.4. The number of aliphatic hydroxyl groups excluding tert-OH is 1. The van der Waals surface area contributed by atoms with Crippen molar-refractivity contribution in [1.82, 2.24) is 4.90 Å². The fourth-order valence-electron chi connectivity index (χ4n) is 2.09. The number of nitrogens with zero attached hydrogens (tertiary/aromatic N) is 1. The normalized spacial score (nSPS) is 26.9. The monoisotopic (exact) mass is 221 g/mol. The Balaban J connectivity index is 1.96. The minimum absolute atomic E-state index is 0.0816. The zero-order valence-corrected chi connectivity index (χ0v) is 9.72. The molecule has 1 N–H and O–H groups in total. The van der Waals surface area contributed by atoms with Gasteiger partial charge in [0.2, 0.25) is 0 Å². The van der Waals surface area contributed by atoms with Gasteiger partial charge in [0.25, 0.3) is 0 Å². The van der Waals surface area contributed by atoms with Crippen LogP contribution in [0.4, 0.5) is 0 Å². The number of aliphatic hydroxyl groups is 1. The average molecular weight is 221 g/mol. The number of hydrogen-bond acceptors (Lipinski definition) is 3. The molecule has 0 amide bonds. The molecule has 0 radical (unpaired) electrons. The van der Waals surface area contributed by atoms with Crippen molar-refractivity contribution >= 4 is 0 Å². The van der Waals surface area contributed by atoms with Gasteiger partial charge in [0.1, 0.15) is 5.60 Å². The van der Waals surface area contributed by atoms with Gasteiger partial charge >= 0.3 is 0 Å². The van der Waals surface area contributed by atoms with E-state index < -0.39 is 5.60 Å². The first kappa shape index (κ1) is 11.6. The largest absolute Gasteiger partial charge is 0.393 e. The fraction of sp³-hybridized carbons (Fsp3) is 0.538. The van der Waals surface area contributed by atoms with Crippen molar-refractivity contribution < 1.29 is 9.84 Å². The van der Waals surface area contributed by atoms with Crippen LogP contribution in [0.1, 0.15) is 12.5 Å². The SMILES string of the molecule is CC1(CO)CN(Cc2ccccc2)CCO1. The first-order valence-corrected chi connectivity index (χ1v) is 5.73. The molecule has 2 rings (SSSR count). The first-order chi connectivity index (χ1) is 7.72. The lowest BCUT2D eigenvalue weighted by Crippen LogP contribution is -2.51. The number of ether oxygens (including phenoxy) is 1. The van der Waals surface area contributed by atoms with Crippen molar-refractivity contribution in [3.8, 4) is 0 Å². The van der Waals surface area contributed by atoms with Crippen molar-refractivity contribution in [2.24, 2.45) is 0 Å². The molecule has 0 saturated carbocycles. The Labute approximate surface area is 96.6 Å². The number of rotatable bonds is 3. The molecule has 1 aliphatic heterocycles. The van der Waals surface area contributed by atoms with E-state index in [9.17, 15) is 5.11 Å². The lowest BCUT2D eigenvalue weighted by atomic mass is 10.1. The number of benzene rings is 1. The highest BCUT2D eigenvalue weighted by Crippen LogP contribution is 2.18. The van der Waals surface area contributed by atoms with Gasteiger partial charge in [-0.2, -0.15) is 0 Å². The van der Waals surface area contributed by atoms with Gasteiger partial charge in [-0.25, -0.2) is 0 Å². The van der Waals surface area contributed by atoms with Crippen LogP contribution in [-0.2, 0) is 11.3 Å². The highest BCUT2D eigenvalue weighted by atomic mass is 16.5. The molecule has 1 saturated heterocycles. The Kier molecular flexibility index (Phi) is 3.59. The standard InChI is InChI=1S/C13H19NO2/c1-13(11-15)10-14(7-8-16-13)9-12-5-3-2-4-6-12/h2-6,15H,7-11H2,1H3. The molecule has 0 aliphatic carbocycles. The Hall–Kier alpha value is -0.900. The molecule has 3 heteroatoms. The van der Waals surface area contributed by atoms with Gasteiger partial charge in [-0.1, -0.05) is 30.3 Å². The molecule has 1 heterocycles. The number of morpholine rings is 1. The summed E-state index contributed by atoms with van der Waals surface area (Å²) in [5.74, 6) is 0. The van der Waals surface area contributed by atoms with E-state index >= 15 is 0 Å². The third kappa shape index (κ3) is 2.82. The maximum Gasteiger partial charge on any atom is 0.101 e. The lowest BCUT2D eigenvalue weighted by Gasteiger charge is -2.39. The quantitative estimate of drug-likeness (QED) is 0.834. The van der Waals surface area contributed by atoms with Crippen LogP contribution in [0.15, 0.2) is 30.3 Å². The van der Waals surface area contributed by atoms with E-state index in [4.69, 9.17) is 4.74 Å². The maximum atomic E-state index is 9.28. The highest BCUT2D eigenvalue weighted by Gasteiger charge is 2.31. The summed E-state index contributed by atoms with van der Waals surface area (Å²) < 4.78 is 5.59. The molecule has 1 aliphatic rings. The zero-order chi connectivity index (χ0) is 11.4. The summed E-state index contributed by atoms with van der Waals surface area (Å²) in [4.78, 5) is 2.33. The average Bonchev–Trinajstić information content (AvgIpc) is 2.30. The van der Waals surface area contributed by atoms with E-state index in [2.05, 4.69) is 29.2 Å². The summed E-state index contributed by atoms with van der Waals surface area (Å²) in [5.41, 5.74) is 0.914. The van der Waals surface area contributed by atoms with E-state index in [1.54, 1.807) is 0 Å². The molecule has 1 fully saturated rings. The molecule has 16 heavy (non-hydrogen) atoms. The van der Waals surface area contributed by atoms with E-state index in [0.717, 1.165) is 19.6 Å². The van der Waals surface area contributed by atoms with Crippen LogP contribution in [0.25, 0.3) is 0 Å². The molecule has 0 bridgehead atoms. The van der Waals surface area contributed by atoms with Crippen molar-refractivity contribution in [2.45, 2.75) is 19.1 Å². The third-order valence-corrected chi connectivity index (χ3v) is 3.00. The van der Waals surface area contributed by atoms with Gasteiger partial charge in [-0.05, 0) is 12.5 Å². The molecule has 0 aromatic heterocycles. The molecule has 1 aromatic carbocycles. The van der Waals surface area contributed by atoms with Crippen molar-refractivity contribution in [3.63, 3.8) is 0 Å². The maximum absolute atomic E-state index is 9.28. The second kappa shape index (κ2) is 4.95. The van der Waals surface area contributed by atoms with Crippen LogP contribution in [0.3, 0.4) is 0 Å². The van der Waals surface area contributed by atoms with Crippen molar-refractivity contribution in [1.29, 1.82) is 0 Å². The molecule has 1 atom stereocenters. The molecule has 0 spiro atoms. The summed E-state index contributed by atoms with van der Waals surface area (Å²) in [6.07, 6.45) is 0. The summed E-state index contributed by atoms with van der Waals surface area (Å²) >= 11 is 0. The molecule has 88 valence electrons. The first-order valence-electron chi connectivity index (χ1n) is 5.73. The predicted octanol–water partition coefficient (Wildman–Crippen LogP) is 1.27. The van der Waals surface area contributed by atoms with Gasteiger partial charge in [-0.3, -0.25) is 4.90 Å². The number of hydrogen-bond donors (Lipinski definition) is 1. The molecule has 1 aromatic rings.